The minimum absolute atomic E-state index is 0.569. The standard InChI is InChI=1S/C14H10BrN3OS/c15-12-4-3-11(20-12)13-17-14(19-18-13)8-1-2-9-6-16-7-10(9)5-8/h1-5,16H,6-7H2. The fourth-order valence-electron chi connectivity index (χ4n) is 2.30. The number of nitrogens with zero attached hydrogens (tertiary/aromatic N) is 2. The molecule has 4 rings (SSSR count). The van der Waals surface area contributed by atoms with E-state index in [0.29, 0.717) is 11.7 Å². The Hall–Kier alpha value is -1.50. The zero-order valence-electron chi connectivity index (χ0n) is 10.4. The van der Waals surface area contributed by atoms with Crippen LogP contribution in [0.2, 0.25) is 0 Å². The van der Waals surface area contributed by atoms with Crippen LogP contribution in [0.15, 0.2) is 38.6 Å². The van der Waals surface area contributed by atoms with Gasteiger partial charge >= 0.3 is 0 Å². The lowest BCUT2D eigenvalue weighted by atomic mass is 10.1. The third kappa shape index (κ3) is 2.09. The molecule has 1 N–H and O–H groups in total. The molecule has 6 heteroatoms. The molecule has 0 saturated heterocycles. The predicted octanol–water partition coefficient (Wildman–Crippen LogP) is 3.83. The molecule has 1 aliphatic rings. The van der Waals surface area contributed by atoms with Gasteiger partial charge in [-0.3, -0.25) is 0 Å². The van der Waals surface area contributed by atoms with Gasteiger partial charge in [0.2, 0.25) is 5.82 Å². The number of aromatic nitrogens is 2. The van der Waals surface area contributed by atoms with Gasteiger partial charge in [-0.2, -0.15) is 4.98 Å². The van der Waals surface area contributed by atoms with E-state index in [0.717, 1.165) is 27.3 Å². The fourth-order valence-corrected chi connectivity index (χ4v) is 3.61. The van der Waals surface area contributed by atoms with E-state index in [1.807, 2.05) is 18.2 Å². The quantitative estimate of drug-likeness (QED) is 0.765. The summed E-state index contributed by atoms with van der Waals surface area (Å²) in [5.41, 5.74) is 3.62. The molecule has 20 heavy (non-hydrogen) atoms. The molecule has 3 aromatic rings. The predicted molar refractivity (Wildman–Crippen MR) is 81.3 cm³/mol. The molecule has 0 saturated carbocycles. The van der Waals surface area contributed by atoms with Crippen LogP contribution < -0.4 is 5.32 Å². The van der Waals surface area contributed by atoms with Crippen LogP contribution in [0.1, 0.15) is 11.1 Å². The Labute approximate surface area is 128 Å². The number of nitrogens with one attached hydrogen (secondary N) is 1. The van der Waals surface area contributed by atoms with Crippen molar-refractivity contribution in [3.63, 3.8) is 0 Å². The van der Waals surface area contributed by atoms with Crippen LogP contribution in [0, 0.1) is 0 Å². The summed E-state index contributed by atoms with van der Waals surface area (Å²) in [5.74, 6) is 1.20. The third-order valence-electron chi connectivity index (χ3n) is 3.30. The summed E-state index contributed by atoms with van der Waals surface area (Å²) in [7, 11) is 0. The fraction of sp³-hybridized carbons (Fsp3) is 0.143. The number of benzene rings is 1. The summed E-state index contributed by atoms with van der Waals surface area (Å²) in [6.45, 7) is 1.84. The molecule has 0 aliphatic carbocycles. The molecule has 3 heterocycles. The van der Waals surface area contributed by atoms with Gasteiger partial charge in [0.15, 0.2) is 0 Å². The van der Waals surface area contributed by atoms with Gasteiger partial charge in [-0.1, -0.05) is 11.2 Å². The largest absolute Gasteiger partial charge is 0.334 e. The third-order valence-corrected chi connectivity index (χ3v) is 4.92. The van der Waals surface area contributed by atoms with Crippen molar-refractivity contribution in [1.29, 1.82) is 0 Å². The zero-order chi connectivity index (χ0) is 13.5. The van der Waals surface area contributed by atoms with Crippen LogP contribution in [0.3, 0.4) is 0 Å². The normalized spacial score (nSPS) is 13.7. The van der Waals surface area contributed by atoms with Crippen molar-refractivity contribution in [2.75, 3.05) is 0 Å². The highest BCUT2D eigenvalue weighted by molar-refractivity contribution is 9.11. The lowest BCUT2D eigenvalue weighted by Crippen LogP contribution is -1.99. The van der Waals surface area contributed by atoms with Crippen molar-refractivity contribution >= 4 is 27.3 Å². The van der Waals surface area contributed by atoms with E-state index < -0.39 is 0 Å². The molecular weight excluding hydrogens is 338 g/mol. The monoisotopic (exact) mass is 347 g/mol. The average Bonchev–Trinajstić information content (AvgIpc) is 3.17. The molecule has 0 radical (unpaired) electrons. The maximum atomic E-state index is 5.38. The van der Waals surface area contributed by atoms with Crippen molar-refractivity contribution in [2.24, 2.45) is 0 Å². The number of fused-ring (bicyclic) bond motifs is 1. The van der Waals surface area contributed by atoms with Gasteiger partial charge in [0.25, 0.3) is 5.89 Å². The Kier molecular flexibility index (Phi) is 2.94. The molecule has 0 fully saturated rings. The minimum Gasteiger partial charge on any atom is -0.334 e. The smallest absolute Gasteiger partial charge is 0.258 e. The molecule has 4 nitrogen and oxygen atoms in total. The summed E-state index contributed by atoms with van der Waals surface area (Å²) in [5, 5.41) is 7.39. The molecule has 0 unspecified atom stereocenters. The number of rotatable bonds is 2. The molecule has 2 aromatic heterocycles. The van der Waals surface area contributed by atoms with Crippen LogP contribution in [0.25, 0.3) is 22.2 Å². The summed E-state index contributed by atoms with van der Waals surface area (Å²) >= 11 is 5.03. The number of thiophene rings is 1. The Morgan fingerprint density at radius 1 is 1.15 bits per heavy atom. The first-order valence-corrected chi connectivity index (χ1v) is 7.83. The van der Waals surface area contributed by atoms with E-state index in [4.69, 9.17) is 4.52 Å². The Balaban J connectivity index is 1.71. The molecular formula is C14H10BrN3OS. The first-order chi connectivity index (χ1) is 9.79. The maximum Gasteiger partial charge on any atom is 0.258 e. The zero-order valence-corrected chi connectivity index (χ0v) is 12.8. The lowest BCUT2D eigenvalue weighted by Gasteiger charge is -1.99. The lowest BCUT2D eigenvalue weighted by molar-refractivity contribution is 0.432. The SMILES string of the molecule is Brc1ccc(-c2noc(-c3ccc4c(c3)CNC4)n2)s1. The second-order valence-electron chi connectivity index (χ2n) is 4.61. The summed E-state index contributed by atoms with van der Waals surface area (Å²) in [4.78, 5) is 5.48. The molecule has 0 bridgehead atoms. The Morgan fingerprint density at radius 3 is 2.90 bits per heavy atom. The van der Waals surface area contributed by atoms with Gasteiger partial charge in [-0.15, -0.1) is 11.3 Å². The highest BCUT2D eigenvalue weighted by atomic mass is 79.9. The highest BCUT2D eigenvalue weighted by Crippen LogP contribution is 2.31. The van der Waals surface area contributed by atoms with Crippen LogP contribution in [-0.4, -0.2) is 10.1 Å². The first-order valence-electron chi connectivity index (χ1n) is 6.22. The van der Waals surface area contributed by atoms with Crippen LogP contribution in [-0.2, 0) is 13.1 Å². The van der Waals surface area contributed by atoms with E-state index in [1.54, 1.807) is 11.3 Å². The van der Waals surface area contributed by atoms with E-state index in [1.165, 1.54) is 11.1 Å². The van der Waals surface area contributed by atoms with Crippen LogP contribution in [0.4, 0.5) is 0 Å². The van der Waals surface area contributed by atoms with Gasteiger partial charge < -0.3 is 9.84 Å². The molecule has 100 valence electrons. The van der Waals surface area contributed by atoms with Crippen molar-refractivity contribution in [3.05, 3.63) is 45.2 Å². The van der Waals surface area contributed by atoms with Gasteiger partial charge in [0.05, 0.1) is 8.66 Å². The topological polar surface area (TPSA) is 51.0 Å². The van der Waals surface area contributed by atoms with E-state index in [2.05, 4.69) is 43.5 Å². The summed E-state index contributed by atoms with van der Waals surface area (Å²) < 4.78 is 6.44. The molecule has 1 aromatic carbocycles. The van der Waals surface area contributed by atoms with Gasteiger partial charge in [0, 0.05) is 18.7 Å². The van der Waals surface area contributed by atoms with Gasteiger partial charge in [0.1, 0.15) is 0 Å². The number of hydrogen-bond donors (Lipinski definition) is 1. The van der Waals surface area contributed by atoms with Crippen molar-refractivity contribution in [3.8, 4) is 22.2 Å². The number of halogens is 1. The molecule has 0 atom stereocenters. The minimum atomic E-state index is 0.569. The summed E-state index contributed by atoms with van der Waals surface area (Å²) in [6.07, 6.45) is 0. The Bertz CT molecular complexity index is 780. The highest BCUT2D eigenvalue weighted by Gasteiger charge is 2.15. The molecule has 1 aliphatic heterocycles. The van der Waals surface area contributed by atoms with Crippen molar-refractivity contribution < 1.29 is 4.52 Å². The van der Waals surface area contributed by atoms with E-state index in [-0.39, 0.29) is 0 Å². The van der Waals surface area contributed by atoms with Crippen LogP contribution in [0.5, 0.6) is 0 Å². The van der Waals surface area contributed by atoms with Gasteiger partial charge in [-0.05, 0) is 51.3 Å². The molecule has 0 spiro atoms. The average molecular weight is 348 g/mol. The second-order valence-corrected chi connectivity index (χ2v) is 7.08. The Morgan fingerprint density at radius 2 is 2.05 bits per heavy atom. The van der Waals surface area contributed by atoms with Gasteiger partial charge in [-0.25, -0.2) is 0 Å². The number of hydrogen-bond acceptors (Lipinski definition) is 5. The molecule has 0 amide bonds. The van der Waals surface area contributed by atoms with E-state index >= 15 is 0 Å². The van der Waals surface area contributed by atoms with Crippen molar-refractivity contribution in [2.45, 2.75) is 13.1 Å². The second kappa shape index (κ2) is 4.80. The van der Waals surface area contributed by atoms with E-state index in [9.17, 15) is 0 Å². The summed E-state index contributed by atoms with van der Waals surface area (Å²) in [6, 6.07) is 10.2. The van der Waals surface area contributed by atoms with Crippen LogP contribution >= 0.6 is 27.3 Å². The maximum absolute atomic E-state index is 5.38. The first kappa shape index (κ1) is 12.3. The van der Waals surface area contributed by atoms with Crippen molar-refractivity contribution in [1.82, 2.24) is 15.5 Å².